The summed E-state index contributed by atoms with van der Waals surface area (Å²) in [4.78, 5) is 20.4. The third kappa shape index (κ3) is 4.25. The van der Waals surface area contributed by atoms with Crippen LogP contribution in [0.4, 0.5) is 11.8 Å². The number of piperazine rings is 1. The van der Waals surface area contributed by atoms with Crippen molar-refractivity contribution >= 4 is 34.0 Å². The second-order valence-electron chi connectivity index (χ2n) is 7.70. The van der Waals surface area contributed by atoms with Crippen LogP contribution in [0.25, 0.3) is 10.9 Å². The first-order valence-corrected chi connectivity index (χ1v) is 10.9. The maximum Gasteiger partial charge on any atom is 0.228 e. The van der Waals surface area contributed by atoms with Crippen molar-refractivity contribution in [1.82, 2.24) is 19.9 Å². The Morgan fingerprint density at radius 3 is 2.71 bits per heavy atom. The first-order valence-electron chi connectivity index (χ1n) is 9.97. The fourth-order valence-corrected chi connectivity index (χ4v) is 4.10. The summed E-state index contributed by atoms with van der Waals surface area (Å²) in [5, 5.41) is 6.76. The molecule has 28 heavy (non-hydrogen) atoms. The van der Waals surface area contributed by atoms with Gasteiger partial charge < -0.3 is 15.1 Å². The highest BCUT2D eigenvalue weighted by Crippen LogP contribution is 2.26. The van der Waals surface area contributed by atoms with Crippen molar-refractivity contribution in [1.29, 1.82) is 0 Å². The summed E-state index contributed by atoms with van der Waals surface area (Å²) in [6, 6.07) is 6.42. The first kappa shape index (κ1) is 19.1. The molecule has 0 amide bonds. The average Bonchev–Trinajstić information content (AvgIpc) is 3.21. The van der Waals surface area contributed by atoms with E-state index in [0.29, 0.717) is 5.92 Å². The summed E-state index contributed by atoms with van der Waals surface area (Å²) in [5.74, 6) is 2.10. The molecule has 0 saturated carbocycles. The van der Waals surface area contributed by atoms with E-state index in [0.717, 1.165) is 67.5 Å². The zero-order chi connectivity index (χ0) is 19.5. The van der Waals surface area contributed by atoms with E-state index >= 15 is 0 Å². The predicted octanol–water partition coefficient (Wildman–Crippen LogP) is 3.62. The molecule has 148 valence electrons. The summed E-state index contributed by atoms with van der Waals surface area (Å²) in [6.07, 6.45) is 2.89. The number of likely N-dealkylation sites (N-methyl/N-ethyl adjacent to an activating group) is 1. The molecule has 0 aliphatic carbocycles. The van der Waals surface area contributed by atoms with Crippen molar-refractivity contribution in [3.8, 4) is 0 Å². The van der Waals surface area contributed by atoms with Crippen LogP contribution in [-0.2, 0) is 6.42 Å². The maximum absolute atomic E-state index is 4.93. The highest BCUT2D eigenvalue weighted by atomic mass is 32.1. The van der Waals surface area contributed by atoms with Gasteiger partial charge in [-0.05, 0) is 36.9 Å². The lowest BCUT2D eigenvalue weighted by molar-refractivity contribution is 0.311. The number of hydrogen-bond acceptors (Lipinski definition) is 7. The smallest absolute Gasteiger partial charge is 0.228 e. The molecule has 0 unspecified atom stereocenters. The van der Waals surface area contributed by atoms with Crippen LogP contribution in [0.1, 0.15) is 30.3 Å². The third-order valence-corrected chi connectivity index (χ3v) is 6.15. The van der Waals surface area contributed by atoms with Gasteiger partial charge >= 0.3 is 0 Å². The molecule has 1 aliphatic rings. The standard InChI is InChI=1S/C21H28N6S/c1-15(2)18-13-17-19(14-23-18)24-21(27-10-8-26(3)9-11-27)25-20(17)22-7-6-16-5-4-12-28-16/h4-5,12-15H,6-11H2,1-3H3,(H,22,24,25). The van der Waals surface area contributed by atoms with E-state index in [-0.39, 0.29) is 0 Å². The van der Waals surface area contributed by atoms with Crippen LogP contribution in [0.2, 0.25) is 0 Å². The highest BCUT2D eigenvalue weighted by Gasteiger charge is 2.19. The van der Waals surface area contributed by atoms with Gasteiger partial charge in [-0.2, -0.15) is 4.98 Å². The molecule has 1 fully saturated rings. The molecular formula is C21H28N6S. The second kappa shape index (κ2) is 8.41. The van der Waals surface area contributed by atoms with Gasteiger partial charge in [0.2, 0.25) is 5.95 Å². The zero-order valence-corrected chi connectivity index (χ0v) is 17.7. The van der Waals surface area contributed by atoms with Crippen LogP contribution in [0.3, 0.4) is 0 Å². The summed E-state index contributed by atoms with van der Waals surface area (Å²) < 4.78 is 0. The molecule has 0 bridgehead atoms. The van der Waals surface area contributed by atoms with E-state index in [9.17, 15) is 0 Å². The van der Waals surface area contributed by atoms with Gasteiger partial charge in [0.05, 0.1) is 11.7 Å². The number of rotatable bonds is 6. The molecule has 3 aromatic heterocycles. The monoisotopic (exact) mass is 396 g/mol. The molecule has 0 atom stereocenters. The molecule has 1 saturated heterocycles. The van der Waals surface area contributed by atoms with Crippen molar-refractivity contribution in [2.75, 3.05) is 50.0 Å². The first-order chi connectivity index (χ1) is 13.6. The van der Waals surface area contributed by atoms with Crippen molar-refractivity contribution in [3.05, 3.63) is 40.3 Å². The number of nitrogens with zero attached hydrogens (tertiary/aromatic N) is 5. The molecule has 0 spiro atoms. The Hall–Kier alpha value is -2.25. The van der Waals surface area contributed by atoms with E-state index in [1.807, 2.05) is 6.20 Å². The highest BCUT2D eigenvalue weighted by molar-refractivity contribution is 7.09. The fraction of sp³-hybridized carbons (Fsp3) is 0.476. The van der Waals surface area contributed by atoms with Gasteiger partial charge in [-0.25, -0.2) is 4.98 Å². The van der Waals surface area contributed by atoms with Crippen LogP contribution in [0.15, 0.2) is 29.8 Å². The van der Waals surface area contributed by atoms with E-state index < -0.39 is 0 Å². The minimum atomic E-state index is 0.376. The Kier molecular flexibility index (Phi) is 5.73. The van der Waals surface area contributed by atoms with Crippen molar-refractivity contribution in [2.24, 2.45) is 0 Å². The van der Waals surface area contributed by atoms with Crippen molar-refractivity contribution in [2.45, 2.75) is 26.2 Å². The number of aromatic nitrogens is 3. The van der Waals surface area contributed by atoms with Crippen molar-refractivity contribution in [3.63, 3.8) is 0 Å². The van der Waals surface area contributed by atoms with Crippen LogP contribution in [-0.4, -0.2) is 59.6 Å². The predicted molar refractivity (Wildman–Crippen MR) is 118 cm³/mol. The Morgan fingerprint density at radius 1 is 1.18 bits per heavy atom. The Bertz CT molecular complexity index is 916. The maximum atomic E-state index is 4.93. The normalized spacial score (nSPS) is 15.5. The number of nitrogens with one attached hydrogen (secondary N) is 1. The summed E-state index contributed by atoms with van der Waals surface area (Å²) >= 11 is 1.80. The largest absolute Gasteiger partial charge is 0.369 e. The third-order valence-electron chi connectivity index (χ3n) is 5.21. The van der Waals surface area contributed by atoms with Gasteiger partial charge in [0, 0.05) is 48.7 Å². The Balaban J connectivity index is 1.64. The lowest BCUT2D eigenvalue weighted by Crippen LogP contribution is -2.45. The lowest BCUT2D eigenvalue weighted by Gasteiger charge is -2.32. The molecule has 4 heterocycles. The van der Waals surface area contributed by atoms with E-state index in [1.165, 1.54) is 4.88 Å². The Labute approximate surface area is 170 Å². The number of pyridine rings is 1. The van der Waals surface area contributed by atoms with E-state index in [4.69, 9.17) is 9.97 Å². The van der Waals surface area contributed by atoms with Gasteiger partial charge in [0.1, 0.15) is 5.82 Å². The van der Waals surface area contributed by atoms with Crippen LogP contribution < -0.4 is 10.2 Å². The van der Waals surface area contributed by atoms with Crippen molar-refractivity contribution < 1.29 is 0 Å². The summed E-state index contributed by atoms with van der Waals surface area (Å²) in [5.41, 5.74) is 1.98. The zero-order valence-electron chi connectivity index (χ0n) is 16.9. The molecule has 4 rings (SSSR count). The molecule has 0 aromatic carbocycles. The molecule has 0 radical (unpaired) electrons. The molecule has 6 nitrogen and oxygen atoms in total. The topological polar surface area (TPSA) is 57.2 Å². The second-order valence-corrected chi connectivity index (χ2v) is 8.73. The van der Waals surface area contributed by atoms with Gasteiger partial charge in [0.15, 0.2) is 0 Å². The van der Waals surface area contributed by atoms with Gasteiger partial charge in [0.25, 0.3) is 0 Å². The number of thiophene rings is 1. The SMILES string of the molecule is CC(C)c1cc2c(NCCc3cccs3)nc(N3CCN(C)CC3)nc2cn1. The van der Waals surface area contributed by atoms with Crippen LogP contribution in [0.5, 0.6) is 0 Å². The number of fused-ring (bicyclic) bond motifs is 1. The van der Waals surface area contributed by atoms with Crippen LogP contribution >= 0.6 is 11.3 Å². The average molecular weight is 397 g/mol. The molecule has 1 aliphatic heterocycles. The quantitative estimate of drug-likeness (QED) is 0.687. The molecule has 7 heteroatoms. The number of hydrogen-bond donors (Lipinski definition) is 1. The van der Waals surface area contributed by atoms with Gasteiger partial charge in [-0.3, -0.25) is 4.98 Å². The van der Waals surface area contributed by atoms with E-state index in [2.05, 4.69) is 64.6 Å². The molecule has 3 aromatic rings. The Morgan fingerprint density at radius 2 is 2.00 bits per heavy atom. The minimum absolute atomic E-state index is 0.376. The summed E-state index contributed by atoms with van der Waals surface area (Å²) in [6.45, 7) is 9.16. The summed E-state index contributed by atoms with van der Waals surface area (Å²) in [7, 11) is 2.16. The minimum Gasteiger partial charge on any atom is -0.369 e. The fourth-order valence-electron chi connectivity index (χ4n) is 3.39. The number of anilines is 2. The van der Waals surface area contributed by atoms with Crippen LogP contribution in [0, 0.1) is 0 Å². The molecule has 1 N–H and O–H groups in total. The lowest BCUT2D eigenvalue weighted by atomic mass is 10.1. The molecular weight excluding hydrogens is 368 g/mol. The van der Waals surface area contributed by atoms with Gasteiger partial charge in [-0.1, -0.05) is 19.9 Å². The van der Waals surface area contributed by atoms with Gasteiger partial charge in [-0.15, -0.1) is 11.3 Å². The van der Waals surface area contributed by atoms with E-state index in [1.54, 1.807) is 11.3 Å².